The van der Waals surface area contributed by atoms with E-state index < -0.39 is 24.6 Å². The Morgan fingerprint density at radius 3 is 2.36 bits per heavy atom. The third-order valence-electron chi connectivity index (χ3n) is 13.4. The Labute approximate surface area is 338 Å². The Hall–Kier alpha value is -1.42. The zero-order valence-corrected chi connectivity index (χ0v) is 35.9. The molecule has 4 fully saturated rings. The van der Waals surface area contributed by atoms with E-state index in [1.807, 2.05) is 20.1 Å². The van der Waals surface area contributed by atoms with Crippen molar-refractivity contribution in [1.82, 2.24) is 4.90 Å². The third kappa shape index (κ3) is 9.57. The van der Waals surface area contributed by atoms with Gasteiger partial charge in [0.15, 0.2) is 24.5 Å². The van der Waals surface area contributed by atoms with Crippen LogP contribution in [-0.2, 0) is 47.5 Å². The van der Waals surface area contributed by atoms with E-state index in [1.165, 1.54) is 11.8 Å². The number of rotatable bonds is 9. The first-order chi connectivity index (χ1) is 26.4. The summed E-state index contributed by atoms with van der Waals surface area (Å²) in [5.74, 6) is -0.113. The molecule has 0 unspecified atom stereocenters. The van der Waals surface area contributed by atoms with Crippen LogP contribution in [0.4, 0.5) is 0 Å². The van der Waals surface area contributed by atoms with Gasteiger partial charge in [-0.15, -0.1) is 0 Å². The number of carbonyl (C=O) groups is 2. The molecule has 55 heavy (non-hydrogen) atoms. The van der Waals surface area contributed by atoms with Crippen molar-refractivity contribution < 1.29 is 47.5 Å². The first kappa shape index (κ1) is 43.2. The van der Waals surface area contributed by atoms with E-state index in [-0.39, 0.29) is 90.5 Å². The van der Waals surface area contributed by atoms with Crippen LogP contribution in [0, 0.1) is 35.5 Å². The van der Waals surface area contributed by atoms with Crippen LogP contribution < -0.4 is 0 Å². The van der Waals surface area contributed by atoms with Crippen LogP contribution >= 0.6 is 24.0 Å². The number of carbonyl (C=O) groups excluding carboxylic acids is 2. The SMILES string of the molecule is CC[C@H]1CCC[C@@H](O[C@H]2CC[C@H](N(C)C)[C@@H](C)O2)[C@@H](C)C(=O)C2=C[C@@H]3[C@@H](C=C[C@@H]4C[C@@H](O[C@@H]5O[C@@H](C)[C@H](OC(=S)SC)[C@@H](OC)[C@H]5OC)C[C@@H]34)[C@@H]2CC(=O)O1. The van der Waals surface area contributed by atoms with Gasteiger partial charge in [-0.25, -0.2) is 0 Å². The molecule has 11 nitrogen and oxygen atoms in total. The number of hydrogen-bond donors (Lipinski definition) is 0. The summed E-state index contributed by atoms with van der Waals surface area (Å²) >= 11 is 6.72. The lowest BCUT2D eigenvalue weighted by Crippen LogP contribution is -2.60. The number of ketones is 1. The number of nitrogens with zero attached hydrogens (tertiary/aromatic N) is 1. The molecule has 3 aliphatic carbocycles. The minimum atomic E-state index is -0.653. The van der Waals surface area contributed by atoms with Gasteiger partial charge in [0.25, 0.3) is 0 Å². The molecule has 13 heteroatoms. The smallest absolute Gasteiger partial charge is 0.306 e. The quantitative estimate of drug-likeness (QED) is 0.144. The standard InChI is InChI=1S/C42H65NO10S2/c1-10-26-12-11-13-34(52-36-17-16-33(43(5)6)23(3)48-36)22(2)37(45)32-20-30-28(31(32)21-35(44)50-26)15-14-25-18-27(19-29(25)30)51-41-40(47-8)39(46-7)38(24(4)49-41)53-42(54)55-9/h14-15,20,22-31,33-34,36,38-41H,10-13,16-19,21H2,1-9H3/t22-,23-,24+,25-,26+,27-,28-,29-,30-,31+,33+,34-,36+,38+,39-,40-,41+/m1/s1. The van der Waals surface area contributed by atoms with Crippen molar-refractivity contribution in [2.24, 2.45) is 35.5 Å². The zero-order valence-electron chi connectivity index (χ0n) is 34.3. The van der Waals surface area contributed by atoms with E-state index in [1.54, 1.807) is 14.2 Å². The highest BCUT2D eigenvalue weighted by Gasteiger charge is 2.53. The predicted molar refractivity (Wildman–Crippen MR) is 214 cm³/mol. The summed E-state index contributed by atoms with van der Waals surface area (Å²) in [7, 11) is 7.45. The second-order valence-corrected chi connectivity index (χ2v) is 18.2. The first-order valence-corrected chi connectivity index (χ1v) is 22.2. The average molecular weight is 808 g/mol. The zero-order chi connectivity index (χ0) is 39.6. The lowest BCUT2D eigenvalue weighted by molar-refractivity contribution is -0.309. The molecule has 17 atom stereocenters. The highest BCUT2D eigenvalue weighted by atomic mass is 32.2. The Kier molecular flexibility index (Phi) is 15.0. The summed E-state index contributed by atoms with van der Waals surface area (Å²) in [6, 6.07) is 0.332. The Balaban J connectivity index is 1.19. The highest BCUT2D eigenvalue weighted by Crippen LogP contribution is 2.54. The number of allylic oxidation sites excluding steroid dienone is 4. The number of cyclic esters (lactones) is 1. The van der Waals surface area contributed by atoms with Crippen molar-refractivity contribution in [2.75, 3.05) is 34.6 Å². The van der Waals surface area contributed by atoms with Gasteiger partial charge >= 0.3 is 5.97 Å². The molecule has 6 aliphatic rings. The largest absolute Gasteiger partial charge is 0.470 e. The summed E-state index contributed by atoms with van der Waals surface area (Å²) in [6.45, 7) is 8.13. The minimum Gasteiger partial charge on any atom is -0.470 e. The summed E-state index contributed by atoms with van der Waals surface area (Å²) in [5.41, 5.74) is 0.753. The monoisotopic (exact) mass is 807 g/mol. The maximum atomic E-state index is 14.7. The van der Waals surface area contributed by atoms with Crippen LogP contribution in [0.5, 0.6) is 0 Å². The molecular weight excluding hydrogens is 743 g/mol. The van der Waals surface area contributed by atoms with Gasteiger partial charge in [0.2, 0.25) is 4.38 Å². The molecule has 3 aliphatic heterocycles. The van der Waals surface area contributed by atoms with Gasteiger partial charge in [0, 0.05) is 32.1 Å². The van der Waals surface area contributed by atoms with Gasteiger partial charge in [-0.1, -0.05) is 43.8 Å². The molecular formula is C42H65NO10S2. The number of methoxy groups -OCH3 is 2. The van der Waals surface area contributed by atoms with Crippen molar-refractivity contribution in [2.45, 2.75) is 153 Å². The van der Waals surface area contributed by atoms with Gasteiger partial charge in [0.05, 0.1) is 30.8 Å². The lowest BCUT2D eigenvalue weighted by atomic mass is 9.70. The second-order valence-electron chi connectivity index (χ2n) is 16.8. The van der Waals surface area contributed by atoms with E-state index in [9.17, 15) is 9.59 Å². The predicted octanol–water partition coefficient (Wildman–Crippen LogP) is 6.51. The van der Waals surface area contributed by atoms with Crippen LogP contribution in [0.2, 0.25) is 0 Å². The number of Topliss-reactive ketones (excluding diaryl/α,β-unsaturated/α-hetero) is 1. The maximum absolute atomic E-state index is 14.7. The van der Waals surface area contributed by atoms with Crippen molar-refractivity contribution in [3.05, 3.63) is 23.8 Å². The summed E-state index contributed by atoms with van der Waals surface area (Å²) in [4.78, 5) is 30.5. The van der Waals surface area contributed by atoms with Gasteiger partial charge in [-0.05, 0) is 127 Å². The number of hydrogen-bond acceptors (Lipinski definition) is 13. The number of thioether (sulfide) groups is 1. The minimum absolute atomic E-state index is 0.0281. The van der Waals surface area contributed by atoms with Gasteiger partial charge in [0.1, 0.15) is 18.3 Å². The normalized spacial score (nSPS) is 43.7. The van der Waals surface area contributed by atoms with Crippen LogP contribution in [0.1, 0.15) is 85.5 Å². The molecule has 1 saturated carbocycles. The molecule has 3 saturated heterocycles. The molecule has 0 aromatic rings. The summed E-state index contributed by atoms with van der Waals surface area (Å²) in [6.07, 6.45) is 12.0. The maximum Gasteiger partial charge on any atom is 0.306 e. The summed E-state index contributed by atoms with van der Waals surface area (Å²) < 4.78 is 50.6. The van der Waals surface area contributed by atoms with Crippen LogP contribution in [0.3, 0.4) is 0 Å². The first-order valence-electron chi connectivity index (χ1n) is 20.6. The Bertz CT molecular complexity index is 1410. The molecule has 0 aromatic carbocycles. The fourth-order valence-electron chi connectivity index (χ4n) is 10.4. The molecule has 3 heterocycles. The fraction of sp³-hybridized carbons (Fsp3) is 0.833. The highest BCUT2D eigenvalue weighted by molar-refractivity contribution is 8.22. The molecule has 0 bridgehead atoms. The Morgan fingerprint density at radius 2 is 1.69 bits per heavy atom. The van der Waals surface area contributed by atoms with E-state index >= 15 is 0 Å². The molecule has 0 aromatic heterocycles. The molecule has 0 spiro atoms. The molecule has 0 radical (unpaired) electrons. The lowest BCUT2D eigenvalue weighted by Gasteiger charge is -2.44. The van der Waals surface area contributed by atoms with Crippen molar-refractivity contribution >= 4 is 40.1 Å². The van der Waals surface area contributed by atoms with Crippen LogP contribution in [0.25, 0.3) is 0 Å². The van der Waals surface area contributed by atoms with Crippen molar-refractivity contribution in [3.8, 4) is 0 Å². The average Bonchev–Trinajstić information content (AvgIpc) is 3.74. The number of likely N-dealkylation sites (N-methyl/N-ethyl adjacent to an activating group) is 1. The third-order valence-corrected chi connectivity index (χ3v) is 14.4. The Morgan fingerprint density at radius 1 is 0.927 bits per heavy atom. The molecule has 6 rings (SSSR count). The van der Waals surface area contributed by atoms with Crippen LogP contribution in [-0.4, -0.2) is 123 Å². The van der Waals surface area contributed by atoms with Crippen LogP contribution in [0.15, 0.2) is 23.8 Å². The topological polar surface area (TPSA) is 111 Å². The van der Waals surface area contributed by atoms with E-state index in [0.29, 0.717) is 16.8 Å². The second kappa shape index (κ2) is 19.1. The van der Waals surface area contributed by atoms with Gasteiger partial charge in [-0.2, -0.15) is 0 Å². The van der Waals surface area contributed by atoms with Gasteiger partial charge in [-0.3, -0.25) is 9.59 Å². The molecule has 310 valence electrons. The number of ether oxygens (including phenoxy) is 8. The van der Waals surface area contributed by atoms with Crippen molar-refractivity contribution in [3.63, 3.8) is 0 Å². The number of fused-ring (bicyclic) bond motifs is 5. The van der Waals surface area contributed by atoms with E-state index in [2.05, 4.69) is 51.1 Å². The van der Waals surface area contributed by atoms with Crippen molar-refractivity contribution in [1.29, 1.82) is 0 Å². The van der Waals surface area contributed by atoms with E-state index in [0.717, 1.165) is 50.5 Å². The molecule has 0 amide bonds. The summed E-state index contributed by atoms with van der Waals surface area (Å²) in [5, 5.41) is 0. The van der Waals surface area contributed by atoms with E-state index in [4.69, 9.17) is 50.1 Å². The molecule has 0 N–H and O–H groups in total. The fourth-order valence-corrected chi connectivity index (χ4v) is 10.7. The number of thiocarbonyl (C=S) groups is 1. The number of esters is 1. The van der Waals surface area contributed by atoms with Gasteiger partial charge < -0.3 is 42.8 Å².